The predicted molar refractivity (Wildman–Crippen MR) is 49.4 cm³/mol. The fraction of sp³-hybridized carbons (Fsp3) is 0. The van der Waals surface area contributed by atoms with Crippen molar-refractivity contribution in [2.24, 2.45) is 0 Å². The largest absolute Gasteiger partial charge is 0.262 e. The quantitative estimate of drug-likeness (QED) is 0.435. The molecule has 0 fully saturated rings. The van der Waals surface area contributed by atoms with E-state index in [0.29, 0.717) is 6.20 Å². The summed E-state index contributed by atoms with van der Waals surface area (Å²) < 4.78 is 78.6. The SMILES string of the molecule is Fc1cnccc1-c1c(F)c(F)c(F)c(F)c1F. The fourth-order valence-corrected chi connectivity index (χ4v) is 1.42. The highest BCUT2D eigenvalue weighted by Gasteiger charge is 2.27. The monoisotopic (exact) mass is 263 g/mol. The smallest absolute Gasteiger partial charge is 0.200 e. The van der Waals surface area contributed by atoms with Gasteiger partial charge in [0.05, 0.1) is 11.8 Å². The van der Waals surface area contributed by atoms with Crippen molar-refractivity contribution in [3.8, 4) is 11.1 Å². The molecule has 18 heavy (non-hydrogen) atoms. The van der Waals surface area contributed by atoms with Crippen LogP contribution in [0.5, 0.6) is 0 Å². The minimum Gasteiger partial charge on any atom is -0.262 e. The molecule has 0 N–H and O–H groups in total. The average molecular weight is 263 g/mol. The third-order valence-electron chi connectivity index (χ3n) is 2.25. The van der Waals surface area contributed by atoms with E-state index in [-0.39, 0.29) is 0 Å². The molecule has 2 aromatic rings. The average Bonchev–Trinajstić information content (AvgIpc) is 2.36. The Morgan fingerprint density at radius 1 is 0.722 bits per heavy atom. The van der Waals surface area contributed by atoms with Gasteiger partial charge < -0.3 is 0 Å². The molecule has 2 rings (SSSR count). The molecular weight excluding hydrogens is 260 g/mol. The van der Waals surface area contributed by atoms with Crippen molar-refractivity contribution in [1.82, 2.24) is 4.98 Å². The first-order chi connectivity index (χ1) is 8.45. The van der Waals surface area contributed by atoms with Gasteiger partial charge in [-0.25, -0.2) is 26.3 Å². The third-order valence-corrected chi connectivity index (χ3v) is 2.25. The zero-order chi connectivity index (χ0) is 13.4. The molecule has 1 aromatic heterocycles. The molecule has 0 bridgehead atoms. The molecule has 0 atom stereocenters. The maximum atomic E-state index is 13.4. The minimum atomic E-state index is -2.29. The molecule has 1 aromatic carbocycles. The topological polar surface area (TPSA) is 12.9 Å². The Bertz CT molecular complexity index is 596. The Balaban J connectivity index is 2.85. The summed E-state index contributed by atoms with van der Waals surface area (Å²) >= 11 is 0. The summed E-state index contributed by atoms with van der Waals surface area (Å²) in [7, 11) is 0. The van der Waals surface area contributed by atoms with E-state index in [1.807, 2.05) is 0 Å². The number of hydrogen-bond acceptors (Lipinski definition) is 1. The van der Waals surface area contributed by atoms with E-state index in [0.717, 1.165) is 12.3 Å². The summed E-state index contributed by atoms with van der Waals surface area (Å²) in [5.41, 5.74) is -2.07. The molecule has 1 heterocycles. The summed E-state index contributed by atoms with van der Waals surface area (Å²) in [5, 5.41) is 0. The Hall–Kier alpha value is -2.05. The standard InChI is InChI=1S/C11H3F6N/c12-5-3-18-2-1-4(5)6-7(13)9(15)11(17)10(16)8(6)14/h1-3H. The van der Waals surface area contributed by atoms with Crippen molar-refractivity contribution in [3.63, 3.8) is 0 Å². The number of pyridine rings is 1. The Morgan fingerprint density at radius 3 is 1.72 bits per heavy atom. The fourth-order valence-electron chi connectivity index (χ4n) is 1.42. The second-order valence-electron chi connectivity index (χ2n) is 3.30. The lowest BCUT2D eigenvalue weighted by atomic mass is 10.0. The molecular formula is C11H3F6N. The number of halogens is 6. The summed E-state index contributed by atoms with van der Waals surface area (Å²) in [5.74, 6) is -11.9. The van der Waals surface area contributed by atoms with Crippen LogP contribution in [0.15, 0.2) is 18.5 Å². The van der Waals surface area contributed by atoms with Gasteiger partial charge in [0.1, 0.15) is 5.82 Å². The zero-order valence-corrected chi connectivity index (χ0v) is 8.45. The van der Waals surface area contributed by atoms with Gasteiger partial charge in [-0.3, -0.25) is 4.98 Å². The molecule has 0 spiro atoms. The summed E-state index contributed by atoms with van der Waals surface area (Å²) in [6.07, 6.45) is 1.57. The van der Waals surface area contributed by atoms with Crippen LogP contribution in [0.25, 0.3) is 11.1 Å². The molecule has 0 radical (unpaired) electrons. The van der Waals surface area contributed by atoms with Gasteiger partial charge in [0.25, 0.3) is 0 Å². The van der Waals surface area contributed by atoms with Crippen LogP contribution in [-0.4, -0.2) is 4.98 Å². The van der Waals surface area contributed by atoms with E-state index in [2.05, 4.69) is 4.98 Å². The molecule has 94 valence electrons. The first kappa shape index (κ1) is 12.4. The summed E-state index contributed by atoms with van der Waals surface area (Å²) in [6, 6.07) is 0.813. The van der Waals surface area contributed by atoms with E-state index in [1.165, 1.54) is 0 Å². The Morgan fingerprint density at radius 2 is 1.22 bits per heavy atom. The van der Waals surface area contributed by atoms with Crippen molar-refractivity contribution in [2.75, 3.05) is 0 Å². The molecule has 0 aliphatic heterocycles. The first-order valence-corrected chi connectivity index (χ1v) is 4.56. The maximum Gasteiger partial charge on any atom is 0.200 e. The second kappa shape index (κ2) is 4.32. The summed E-state index contributed by atoms with van der Waals surface area (Å²) in [4.78, 5) is 3.31. The van der Waals surface area contributed by atoms with Gasteiger partial charge in [0.15, 0.2) is 23.3 Å². The highest BCUT2D eigenvalue weighted by molar-refractivity contribution is 5.65. The predicted octanol–water partition coefficient (Wildman–Crippen LogP) is 3.58. The van der Waals surface area contributed by atoms with Gasteiger partial charge in [-0.15, -0.1) is 0 Å². The maximum absolute atomic E-state index is 13.4. The van der Waals surface area contributed by atoms with Gasteiger partial charge in [-0.2, -0.15) is 0 Å². The molecule has 0 saturated heterocycles. The number of benzene rings is 1. The van der Waals surface area contributed by atoms with E-state index >= 15 is 0 Å². The van der Waals surface area contributed by atoms with E-state index < -0.39 is 46.0 Å². The van der Waals surface area contributed by atoms with E-state index in [1.54, 1.807) is 0 Å². The lowest BCUT2D eigenvalue weighted by Gasteiger charge is -2.08. The lowest BCUT2D eigenvalue weighted by molar-refractivity contribution is 0.381. The summed E-state index contributed by atoms with van der Waals surface area (Å²) in [6.45, 7) is 0. The van der Waals surface area contributed by atoms with Gasteiger partial charge in [-0.05, 0) is 6.07 Å². The van der Waals surface area contributed by atoms with E-state index in [4.69, 9.17) is 0 Å². The molecule has 0 aliphatic carbocycles. The van der Waals surface area contributed by atoms with Gasteiger partial charge in [0, 0.05) is 11.8 Å². The van der Waals surface area contributed by atoms with Gasteiger partial charge in [0.2, 0.25) is 5.82 Å². The van der Waals surface area contributed by atoms with Crippen molar-refractivity contribution < 1.29 is 26.3 Å². The van der Waals surface area contributed by atoms with Crippen LogP contribution < -0.4 is 0 Å². The normalized spacial score (nSPS) is 10.8. The highest BCUT2D eigenvalue weighted by atomic mass is 19.2. The van der Waals surface area contributed by atoms with Crippen LogP contribution in [0.2, 0.25) is 0 Å². The Kier molecular flexibility index (Phi) is 2.98. The molecule has 0 unspecified atom stereocenters. The second-order valence-corrected chi connectivity index (χ2v) is 3.30. The lowest BCUT2D eigenvalue weighted by Crippen LogP contribution is -2.05. The van der Waals surface area contributed by atoms with Crippen LogP contribution in [0.1, 0.15) is 0 Å². The van der Waals surface area contributed by atoms with Crippen molar-refractivity contribution in [2.45, 2.75) is 0 Å². The molecule has 0 amide bonds. The van der Waals surface area contributed by atoms with E-state index in [9.17, 15) is 26.3 Å². The van der Waals surface area contributed by atoms with Crippen molar-refractivity contribution in [3.05, 3.63) is 53.4 Å². The Labute approximate surface area is 96.7 Å². The molecule has 1 nitrogen and oxygen atoms in total. The van der Waals surface area contributed by atoms with Crippen LogP contribution in [0.4, 0.5) is 26.3 Å². The minimum absolute atomic E-state index is 0.605. The molecule has 7 heteroatoms. The number of hydrogen-bond donors (Lipinski definition) is 0. The van der Waals surface area contributed by atoms with Crippen molar-refractivity contribution in [1.29, 1.82) is 0 Å². The number of nitrogens with zero attached hydrogens (tertiary/aromatic N) is 1. The van der Waals surface area contributed by atoms with Crippen molar-refractivity contribution >= 4 is 0 Å². The van der Waals surface area contributed by atoms with Gasteiger partial charge >= 0.3 is 0 Å². The number of rotatable bonds is 1. The first-order valence-electron chi connectivity index (χ1n) is 4.56. The van der Waals surface area contributed by atoms with Crippen LogP contribution >= 0.6 is 0 Å². The molecule has 0 saturated carbocycles. The highest BCUT2D eigenvalue weighted by Crippen LogP contribution is 2.32. The van der Waals surface area contributed by atoms with Crippen LogP contribution in [0, 0.1) is 34.9 Å². The molecule has 0 aliphatic rings. The van der Waals surface area contributed by atoms with Crippen LogP contribution in [0.3, 0.4) is 0 Å². The van der Waals surface area contributed by atoms with Crippen LogP contribution in [-0.2, 0) is 0 Å². The van der Waals surface area contributed by atoms with Gasteiger partial charge in [-0.1, -0.05) is 0 Å². The zero-order valence-electron chi connectivity index (χ0n) is 8.45. The number of aromatic nitrogens is 1. The third kappa shape index (κ3) is 1.71.